The second-order valence-electron chi connectivity index (χ2n) is 7.86. The SMILES string of the molecule is Cn1cnc(-c2ccc3c(c2)C(=O)N(c2cccc(-c4nncn4C4CC4)n2)C3)c1. The number of benzene rings is 1. The van der Waals surface area contributed by atoms with Crippen LogP contribution < -0.4 is 4.90 Å². The van der Waals surface area contributed by atoms with Gasteiger partial charge in [-0.2, -0.15) is 0 Å². The van der Waals surface area contributed by atoms with Crippen molar-refractivity contribution in [3.63, 3.8) is 0 Å². The standard InChI is InChI=1S/C22H19N7O/c1-27-11-19(23-12-27)14-5-6-15-10-28(22(30)17(15)9-14)20-4-2-3-18(25-20)21-26-24-13-29(21)16-7-8-16/h2-6,9,11-13,16H,7-8,10H2,1H3. The van der Waals surface area contributed by atoms with Gasteiger partial charge in [0.1, 0.15) is 17.8 Å². The highest BCUT2D eigenvalue weighted by Gasteiger charge is 2.31. The van der Waals surface area contributed by atoms with E-state index < -0.39 is 0 Å². The van der Waals surface area contributed by atoms with Gasteiger partial charge in [0.25, 0.3) is 5.91 Å². The van der Waals surface area contributed by atoms with Gasteiger partial charge < -0.3 is 9.13 Å². The summed E-state index contributed by atoms with van der Waals surface area (Å²) in [5.74, 6) is 1.33. The number of hydrogen-bond acceptors (Lipinski definition) is 5. The Morgan fingerprint density at radius 3 is 2.77 bits per heavy atom. The largest absolute Gasteiger partial charge is 0.340 e. The molecule has 1 aliphatic heterocycles. The molecule has 0 saturated heterocycles. The van der Waals surface area contributed by atoms with Crippen molar-refractivity contribution < 1.29 is 4.79 Å². The molecule has 4 heterocycles. The zero-order valence-corrected chi connectivity index (χ0v) is 16.4. The molecule has 148 valence electrons. The van der Waals surface area contributed by atoms with Crippen LogP contribution in [0.25, 0.3) is 22.8 Å². The number of aromatic nitrogens is 6. The summed E-state index contributed by atoms with van der Waals surface area (Å²) in [6.45, 7) is 0.502. The van der Waals surface area contributed by atoms with E-state index in [1.165, 1.54) is 0 Å². The van der Waals surface area contributed by atoms with Crippen molar-refractivity contribution >= 4 is 11.7 Å². The molecule has 8 nitrogen and oxygen atoms in total. The lowest BCUT2D eigenvalue weighted by atomic mass is 10.0. The molecular weight excluding hydrogens is 378 g/mol. The van der Waals surface area contributed by atoms with E-state index in [1.54, 1.807) is 17.6 Å². The highest BCUT2D eigenvalue weighted by atomic mass is 16.2. The van der Waals surface area contributed by atoms with Crippen LogP contribution in [0.1, 0.15) is 34.8 Å². The fourth-order valence-electron chi connectivity index (χ4n) is 3.95. The molecule has 0 bridgehead atoms. The van der Waals surface area contributed by atoms with Gasteiger partial charge in [-0.1, -0.05) is 18.2 Å². The molecule has 1 amide bonds. The monoisotopic (exact) mass is 397 g/mol. The molecule has 3 aromatic heterocycles. The minimum Gasteiger partial charge on any atom is -0.340 e. The Balaban J connectivity index is 1.33. The van der Waals surface area contributed by atoms with Crippen LogP contribution in [-0.4, -0.2) is 35.2 Å². The average molecular weight is 397 g/mol. The molecule has 1 aromatic carbocycles. The first kappa shape index (κ1) is 17.1. The molecule has 0 atom stereocenters. The Morgan fingerprint density at radius 1 is 1.07 bits per heavy atom. The van der Waals surface area contributed by atoms with Crippen molar-refractivity contribution in [1.82, 2.24) is 29.3 Å². The Morgan fingerprint density at radius 2 is 1.97 bits per heavy atom. The molecular formula is C22H19N7O. The maximum atomic E-state index is 13.2. The summed E-state index contributed by atoms with van der Waals surface area (Å²) in [7, 11) is 1.93. The fourth-order valence-corrected chi connectivity index (χ4v) is 3.95. The summed E-state index contributed by atoms with van der Waals surface area (Å²) < 4.78 is 3.97. The number of imidazole rings is 1. The van der Waals surface area contributed by atoms with E-state index in [-0.39, 0.29) is 5.91 Å². The minimum absolute atomic E-state index is 0.0453. The number of rotatable bonds is 4. The Bertz CT molecular complexity index is 1280. The first-order valence-corrected chi connectivity index (χ1v) is 9.97. The van der Waals surface area contributed by atoms with Crippen molar-refractivity contribution in [2.24, 2.45) is 7.05 Å². The molecule has 8 heteroatoms. The second-order valence-corrected chi connectivity index (χ2v) is 7.86. The van der Waals surface area contributed by atoms with Gasteiger partial charge in [-0.3, -0.25) is 9.69 Å². The zero-order chi connectivity index (χ0) is 20.2. The van der Waals surface area contributed by atoms with Crippen molar-refractivity contribution in [3.05, 3.63) is 66.4 Å². The zero-order valence-electron chi connectivity index (χ0n) is 16.4. The molecule has 6 rings (SSSR count). The molecule has 0 radical (unpaired) electrons. The van der Waals surface area contributed by atoms with Crippen LogP contribution in [0.15, 0.2) is 55.2 Å². The van der Waals surface area contributed by atoms with E-state index >= 15 is 0 Å². The van der Waals surface area contributed by atoms with Gasteiger partial charge in [-0.05, 0) is 36.6 Å². The third-order valence-corrected chi connectivity index (χ3v) is 5.67. The number of nitrogens with zero attached hydrogens (tertiary/aromatic N) is 7. The normalized spacial score (nSPS) is 15.6. The van der Waals surface area contributed by atoms with Gasteiger partial charge in [0.2, 0.25) is 0 Å². The fraction of sp³-hybridized carbons (Fsp3) is 0.227. The van der Waals surface area contributed by atoms with Crippen LogP contribution in [0.3, 0.4) is 0 Å². The first-order valence-electron chi connectivity index (χ1n) is 9.97. The molecule has 4 aromatic rings. The minimum atomic E-state index is -0.0453. The highest BCUT2D eigenvalue weighted by Crippen LogP contribution is 2.37. The molecule has 1 aliphatic carbocycles. The average Bonchev–Trinajstić information content (AvgIpc) is 3.18. The summed E-state index contributed by atoms with van der Waals surface area (Å²) in [5.41, 5.74) is 4.21. The Kier molecular flexibility index (Phi) is 3.61. The molecule has 1 saturated carbocycles. The number of hydrogen-bond donors (Lipinski definition) is 0. The van der Waals surface area contributed by atoms with Crippen molar-refractivity contribution in [3.8, 4) is 22.8 Å². The maximum Gasteiger partial charge on any atom is 0.260 e. The third kappa shape index (κ3) is 2.72. The summed E-state index contributed by atoms with van der Waals surface area (Å²) >= 11 is 0. The number of pyridine rings is 1. The summed E-state index contributed by atoms with van der Waals surface area (Å²) in [4.78, 5) is 24.1. The van der Waals surface area contributed by atoms with E-state index in [0.717, 1.165) is 41.2 Å². The summed E-state index contributed by atoms with van der Waals surface area (Å²) in [5, 5.41) is 8.32. The van der Waals surface area contributed by atoms with E-state index in [1.807, 2.05) is 54.2 Å². The molecule has 0 N–H and O–H groups in total. The van der Waals surface area contributed by atoms with E-state index in [0.29, 0.717) is 24.0 Å². The number of fused-ring (bicyclic) bond motifs is 1. The molecule has 30 heavy (non-hydrogen) atoms. The van der Waals surface area contributed by atoms with Gasteiger partial charge in [-0.15, -0.1) is 10.2 Å². The van der Waals surface area contributed by atoms with Crippen LogP contribution in [0.2, 0.25) is 0 Å². The topological polar surface area (TPSA) is 81.7 Å². The highest BCUT2D eigenvalue weighted by molar-refractivity contribution is 6.10. The van der Waals surface area contributed by atoms with Gasteiger partial charge >= 0.3 is 0 Å². The van der Waals surface area contributed by atoms with Crippen LogP contribution in [-0.2, 0) is 13.6 Å². The smallest absolute Gasteiger partial charge is 0.260 e. The predicted octanol–water partition coefficient (Wildman–Crippen LogP) is 3.24. The van der Waals surface area contributed by atoms with E-state index in [2.05, 4.69) is 19.7 Å². The lowest BCUT2D eigenvalue weighted by Crippen LogP contribution is -2.24. The number of carbonyl (C=O) groups excluding carboxylic acids is 1. The lowest BCUT2D eigenvalue weighted by Gasteiger charge is -2.15. The Hall–Kier alpha value is -3.81. The van der Waals surface area contributed by atoms with Gasteiger partial charge in [0.15, 0.2) is 5.82 Å². The van der Waals surface area contributed by atoms with E-state index in [9.17, 15) is 4.79 Å². The van der Waals surface area contributed by atoms with E-state index in [4.69, 9.17) is 4.98 Å². The summed E-state index contributed by atoms with van der Waals surface area (Å²) in [6.07, 6.45) is 7.75. The number of amides is 1. The molecule has 2 aliphatic rings. The quantitative estimate of drug-likeness (QED) is 0.528. The lowest BCUT2D eigenvalue weighted by molar-refractivity contribution is 0.0996. The number of aryl methyl sites for hydroxylation is 1. The molecule has 0 unspecified atom stereocenters. The first-order chi connectivity index (χ1) is 14.7. The van der Waals surface area contributed by atoms with Gasteiger partial charge in [-0.25, -0.2) is 9.97 Å². The second kappa shape index (κ2) is 6.35. The molecule has 1 fully saturated rings. The van der Waals surface area contributed by atoms with Crippen LogP contribution in [0.4, 0.5) is 5.82 Å². The van der Waals surface area contributed by atoms with Crippen molar-refractivity contribution in [2.45, 2.75) is 25.4 Å². The Labute approximate surface area is 172 Å². The number of carbonyl (C=O) groups is 1. The van der Waals surface area contributed by atoms with Gasteiger partial charge in [0.05, 0.1) is 18.6 Å². The summed E-state index contributed by atoms with van der Waals surface area (Å²) in [6, 6.07) is 12.1. The third-order valence-electron chi connectivity index (χ3n) is 5.67. The maximum absolute atomic E-state index is 13.2. The van der Waals surface area contributed by atoms with Crippen LogP contribution in [0.5, 0.6) is 0 Å². The molecule has 0 spiro atoms. The van der Waals surface area contributed by atoms with Crippen molar-refractivity contribution in [1.29, 1.82) is 0 Å². The van der Waals surface area contributed by atoms with Crippen LogP contribution >= 0.6 is 0 Å². The van der Waals surface area contributed by atoms with Crippen molar-refractivity contribution in [2.75, 3.05) is 4.90 Å². The van der Waals surface area contributed by atoms with Crippen LogP contribution in [0, 0.1) is 0 Å². The van der Waals surface area contributed by atoms with Gasteiger partial charge in [0, 0.05) is 30.4 Å². The predicted molar refractivity (Wildman–Crippen MR) is 111 cm³/mol. The number of anilines is 1.